The molecule has 1 aromatic carbocycles. The number of unbranched alkanes of at least 4 members (excludes halogenated alkanes) is 1. The number of nitrogens with two attached hydrogens (primary N) is 1. The molecule has 2 heterocycles. The largest absolute Gasteiger partial charge is 0.493 e. The van der Waals surface area contributed by atoms with Crippen LogP contribution in [0, 0.1) is 11.8 Å². The Morgan fingerprint density at radius 3 is 2.62 bits per heavy atom. The van der Waals surface area contributed by atoms with Crippen molar-refractivity contribution in [2.45, 2.75) is 71.3 Å². The van der Waals surface area contributed by atoms with Gasteiger partial charge in [-0.1, -0.05) is 40.0 Å². The number of nitrogens with zero attached hydrogens (tertiary/aromatic N) is 2. The van der Waals surface area contributed by atoms with E-state index in [0.29, 0.717) is 49.3 Å². The number of fused-ring (bicyclic) bond motifs is 1. The minimum atomic E-state index is -0.837. The summed E-state index contributed by atoms with van der Waals surface area (Å²) in [6.07, 6.45) is 5.48. The number of amides is 1. The zero-order chi connectivity index (χ0) is 26.9. The summed E-state index contributed by atoms with van der Waals surface area (Å²) in [5.74, 6) is 0.254. The van der Waals surface area contributed by atoms with Crippen molar-refractivity contribution in [1.29, 1.82) is 0 Å². The molecule has 0 saturated carbocycles. The standard InChI is InChI=1S/C28H45N3O6/c1-5-7-11-30(12-8-10-29)25(32)17-31-16-21(26(28(33)34)22(31)13-19(3)9-6-2)20-14-23(35-4)27-24(15-20)36-18-37-27/h14-15,19,21-22,26H,5-13,16-18,29H2,1-4H3,(H,33,34)/t19?,21-,22+,26-/m1/s1. The molecule has 2 aliphatic heterocycles. The number of hydrogen-bond donors (Lipinski definition) is 2. The minimum absolute atomic E-state index is 0.0445. The van der Waals surface area contributed by atoms with Crippen molar-refractivity contribution in [2.75, 3.05) is 46.6 Å². The fourth-order valence-electron chi connectivity index (χ4n) is 5.78. The van der Waals surface area contributed by atoms with Gasteiger partial charge in [0.25, 0.3) is 0 Å². The van der Waals surface area contributed by atoms with Crippen molar-refractivity contribution >= 4 is 11.9 Å². The van der Waals surface area contributed by atoms with Crippen LogP contribution in [0.25, 0.3) is 0 Å². The Balaban J connectivity index is 1.92. The molecular formula is C28H45N3O6. The molecule has 2 aliphatic rings. The molecule has 0 aromatic heterocycles. The van der Waals surface area contributed by atoms with Gasteiger partial charge < -0.3 is 30.0 Å². The number of likely N-dealkylation sites (tertiary alicyclic amines) is 1. The molecule has 3 N–H and O–H groups in total. The summed E-state index contributed by atoms with van der Waals surface area (Å²) < 4.78 is 16.7. The van der Waals surface area contributed by atoms with Crippen LogP contribution < -0.4 is 19.9 Å². The quantitative estimate of drug-likeness (QED) is 0.361. The first-order valence-electron chi connectivity index (χ1n) is 13.8. The number of ether oxygens (including phenoxy) is 3. The number of hydrogen-bond acceptors (Lipinski definition) is 7. The maximum Gasteiger partial charge on any atom is 0.308 e. The van der Waals surface area contributed by atoms with Crippen LogP contribution in [0.4, 0.5) is 0 Å². The van der Waals surface area contributed by atoms with Crippen molar-refractivity contribution in [2.24, 2.45) is 17.6 Å². The van der Waals surface area contributed by atoms with Gasteiger partial charge in [-0.25, -0.2) is 0 Å². The number of carbonyl (C=O) groups excluding carboxylic acids is 1. The third-order valence-electron chi connectivity index (χ3n) is 7.67. The Hall–Kier alpha value is -2.52. The first kappa shape index (κ1) is 29.0. The first-order chi connectivity index (χ1) is 17.8. The van der Waals surface area contributed by atoms with Gasteiger partial charge in [-0.3, -0.25) is 14.5 Å². The van der Waals surface area contributed by atoms with Crippen molar-refractivity contribution < 1.29 is 28.9 Å². The molecule has 0 bridgehead atoms. The Labute approximate surface area is 221 Å². The topological polar surface area (TPSA) is 115 Å². The van der Waals surface area contributed by atoms with Crippen LogP contribution in [0.5, 0.6) is 17.2 Å². The average Bonchev–Trinajstić information content (AvgIpc) is 3.48. The summed E-state index contributed by atoms with van der Waals surface area (Å²) in [6.45, 7) is 9.09. The maximum absolute atomic E-state index is 13.5. The Morgan fingerprint density at radius 1 is 1.22 bits per heavy atom. The van der Waals surface area contributed by atoms with Crippen LogP contribution in [0.1, 0.15) is 70.8 Å². The summed E-state index contributed by atoms with van der Waals surface area (Å²) >= 11 is 0. The summed E-state index contributed by atoms with van der Waals surface area (Å²) in [5.41, 5.74) is 6.56. The number of benzene rings is 1. The van der Waals surface area contributed by atoms with Gasteiger partial charge >= 0.3 is 5.97 Å². The highest BCUT2D eigenvalue weighted by Gasteiger charge is 2.48. The van der Waals surface area contributed by atoms with E-state index in [1.807, 2.05) is 17.0 Å². The second-order valence-electron chi connectivity index (χ2n) is 10.4. The number of carboxylic acid groups (broad SMARTS) is 1. The summed E-state index contributed by atoms with van der Waals surface area (Å²) in [7, 11) is 1.57. The van der Waals surface area contributed by atoms with E-state index in [1.54, 1.807) is 7.11 Å². The van der Waals surface area contributed by atoms with Crippen LogP contribution in [0.15, 0.2) is 12.1 Å². The van der Waals surface area contributed by atoms with Gasteiger partial charge in [0.1, 0.15) is 0 Å². The van der Waals surface area contributed by atoms with Crippen LogP contribution in [-0.2, 0) is 9.59 Å². The molecule has 0 radical (unpaired) electrons. The summed E-state index contributed by atoms with van der Waals surface area (Å²) in [6, 6.07) is 3.49. The van der Waals surface area contributed by atoms with Crippen molar-refractivity contribution in [3.05, 3.63) is 17.7 Å². The molecule has 208 valence electrons. The highest BCUT2D eigenvalue weighted by Crippen LogP contribution is 2.47. The fraction of sp³-hybridized carbons (Fsp3) is 0.714. The number of rotatable bonds is 15. The van der Waals surface area contributed by atoms with Crippen molar-refractivity contribution in [3.8, 4) is 17.2 Å². The van der Waals surface area contributed by atoms with Crippen LogP contribution >= 0.6 is 0 Å². The normalized spacial score (nSPS) is 21.7. The fourth-order valence-corrected chi connectivity index (χ4v) is 5.78. The third kappa shape index (κ3) is 7.08. The predicted molar refractivity (Wildman–Crippen MR) is 142 cm³/mol. The van der Waals surface area contributed by atoms with Crippen molar-refractivity contribution in [3.63, 3.8) is 0 Å². The highest BCUT2D eigenvalue weighted by molar-refractivity contribution is 5.79. The van der Waals surface area contributed by atoms with Crippen LogP contribution in [0.2, 0.25) is 0 Å². The summed E-state index contributed by atoms with van der Waals surface area (Å²) in [4.78, 5) is 30.2. The van der Waals surface area contributed by atoms with Gasteiger partial charge in [0.05, 0.1) is 19.6 Å². The molecule has 3 rings (SSSR count). The van der Waals surface area contributed by atoms with Gasteiger partial charge in [0.15, 0.2) is 11.5 Å². The summed E-state index contributed by atoms with van der Waals surface area (Å²) in [5, 5.41) is 10.4. The van der Waals surface area contributed by atoms with Crippen LogP contribution in [0.3, 0.4) is 0 Å². The lowest BCUT2D eigenvalue weighted by molar-refractivity contribution is -0.144. The first-order valence-corrected chi connectivity index (χ1v) is 13.8. The van der Waals surface area contributed by atoms with Gasteiger partial charge in [-0.2, -0.15) is 0 Å². The van der Waals surface area contributed by atoms with E-state index >= 15 is 0 Å². The van der Waals surface area contributed by atoms with E-state index in [-0.39, 0.29) is 31.2 Å². The minimum Gasteiger partial charge on any atom is -0.493 e. The van der Waals surface area contributed by atoms with Crippen LogP contribution in [-0.4, -0.2) is 79.5 Å². The van der Waals surface area contributed by atoms with E-state index in [1.165, 1.54) is 0 Å². The van der Waals surface area contributed by atoms with Crippen molar-refractivity contribution in [1.82, 2.24) is 9.80 Å². The smallest absolute Gasteiger partial charge is 0.308 e. The number of methoxy groups -OCH3 is 1. The molecule has 1 saturated heterocycles. The lowest BCUT2D eigenvalue weighted by Gasteiger charge is -2.31. The van der Waals surface area contributed by atoms with Gasteiger partial charge in [-0.15, -0.1) is 0 Å². The number of carboxylic acids is 1. The molecule has 37 heavy (non-hydrogen) atoms. The molecule has 0 spiro atoms. The van der Waals surface area contributed by atoms with Gasteiger partial charge in [-0.05, 0) is 49.4 Å². The SMILES string of the molecule is CCCCN(CCCN)C(=O)CN1C[C@H](c2cc(OC)c3c(c2)OCO3)[C@@H](C(=O)O)[C@@H]1CC(C)CCC. The second kappa shape index (κ2) is 13.9. The van der Waals surface area contributed by atoms with Gasteiger partial charge in [0, 0.05) is 31.6 Å². The second-order valence-corrected chi connectivity index (χ2v) is 10.4. The zero-order valence-corrected chi connectivity index (χ0v) is 22.9. The lowest BCUT2D eigenvalue weighted by Crippen LogP contribution is -2.45. The molecule has 1 aromatic rings. The van der Waals surface area contributed by atoms with E-state index in [0.717, 1.165) is 44.1 Å². The zero-order valence-electron chi connectivity index (χ0n) is 22.9. The Bertz CT molecular complexity index is 902. The average molecular weight is 520 g/mol. The highest BCUT2D eigenvalue weighted by atomic mass is 16.7. The van der Waals surface area contributed by atoms with Gasteiger partial charge in [0.2, 0.25) is 18.4 Å². The third-order valence-corrected chi connectivity index (χ3v) is 7.67. The predicted octanol–water partition coefficient (Wildman–Crippen LogP) is 3.70. The van der Waals surface area contributed by atoms with E-state index in [9.17, 15) is 14.7 Å². The number of aliphatic carboxylic acids is 1. The molecule has 9 nitrogen and oxygen atoms in total. The maximum atomic E-state index is 13.5. The Kier molecular flexibility index (Phi) is 10.9. The molecule has 0 aliphatic carbocycles. The number of carbonyl (C=O) groups is 2. The van der Waals surface area contributed by atoms with E-state index < -0.39 is 11.9 Å². The molecular weight excluding hydrogens is 474 g/mol. The molecule has 4 atom stereocenters. The molecule has 1 unspecified atom stereocenters. The lowest BCUT2D eigenvalue weighted by atomic mass is 9.81. The molecule has 9 heteroatoms. The molecule has 1 amide bonds. The molecule has 1 fully saturated rings. The van der Waals surface area contributed by atoms with E-state index in [2.05, 4.69) is 25.7 Å². The van der Waals surface area contributed by atoms with E-state index in [4.69, 9.17) is 19.9 Å². The monoisotopic (exact) mass is 519 g/mol. The Morgan fingerprint density at radius 2 is 1.97 bits per heavy atom.